The van der Waals surface area contributed by atoms with E-state index in [2.05, 4.69) is 16.8 Å². The molecule has 0 spiro atoms. The molecule has 10 heavy (non-hydrogen) atoms. The molecule has 0 amide bonds. The van der Waals surface area contributed by atoms with Gasteiger partial charge < -0.3 is 5.73 Å². The third-order valence-electron chi connectivity index (χ3n) is 1.05. The maximum Gasteiger partial charge on any atom is 0.226 e. The largest absolute Gasteiger partial charge is 0.368 e. The summed E-state index contributed by atoms with van der Waals surface area (Å²) < 4.78 is 1.55. The van der Waals surface area contributed by atoms with Gasteiger partial charge in [-0.1, -0.05) is 6.08 Å². The van der Waals surface area contributed by atoms with Crippen molar-refractivity contribution in [1.29, 1.82) is 0 Å². The number of anilines is 1. The van der Waals surface area contributed by atoms with Gasteiger partial charge in [-0.25, -0.2) is 0 Å². The molecule has 1 rings (SSSR count). The predicted molar refractivity (Wildman–Crippen MR) is 39.6 cm³/mol. The summed E-state index contributed by atoms with van der Waals surface area (Å²) in [5.41, 5.74) is 5.38. The summed E-state index contributed by atoms with van der Waals surface area (Å²) in [7, 11) is 0. The van der Waals surface area contributed by atoms with E-state index in [9.17, 15) is 0 Å². The van der Waals surface area contributed by atoms with Crippen molar-refractivity contribution in [1.82, 2.24) is 14.8 Å². The highest BCUT2D eigenvalue weighted by atomic mass is 35.5. The van der Waals surface area contributed by atoms with Crippen LogP contribution in [-0.4, -0.2) is 14.8 Å². The van der Waals surface area contributed by atoms with E-state index in [1.165, 1.54) is 0 Å². The minimum absolute atomic E-state index is 0.289. The van der Waals surface area contributed by atoms with Crippen molar-refractivity contribution in [3.05, 3.63) is 17.9 Å². The quantitative estimate of drug-likeness (QED) is 0.645. The van der Waals surface area contributed by atoms with E-state index < -0.39 is 0 Å². The van der Waals surface area contributed by atoms with Crippen molar-refractivity contribution in [2.45, 2.75) is 6.54 Å². The first-order chi connectivity index (χ1) is 4.75. The number of hydrogen-bond acceptors (Lipinski definition) is 3. The second-order valence-corrected chi connectivity index (χ2v) is 2.06. The van der Waals surface area contributed by atoms with Crippen LogP contribution in [0, 0.1) is 0 Å². The smallest absolute Gasteiger partial charge is 0.226 e. The molecule has 0 bridgehead atoms. The molecule has 5 heteroatoms. The maximum atomic E-state index is 5.59. The summed E-state index contributed by atoms with van der Waals surface area (Å²) >= 11 is 5.59. The van der Waals surface area contributed by atoms with Crippen LogP contribution in [0.2, 0.25) is 5.28 Å². The summed E-state index contributed by atoms with van der Waals surface area (Å²) in [5.74, 6) is 0.310. The van der Waals surface area contributed by atoms with Crippen LogP contribution in [0.25, 0.3) is 0 Å². The van der Waals surface area contributed by atoms with Crippen LogP contribution in [0.4, 0.5) is 5.95 Å². The Kier molecular flexibility index (Phi) is 1.91. The molecule has 0 aliphatic carbocycles. The number of hydrogen-bond donors (Lipinski definition) is 1. The Hall–Kier alpha value is -1.03. The van der Waals surface area contributed by atoms with Crippen LogP contribution in [0.5, 0.6) is 0 Å². The van der Waals surface area contributed by atoms with Gasteiger partial charge in [-0.2, -0.15) is 0 Å². The zero-order valence-electron chi connectivity index (χ0n) is 5.29. The predicted octanol–water partition coefficient (Wildman–Crippen LogP) is 0.700. The highest BCUT2D eigenvalue weighted by Crippen LogP contribution is 2.08. The number of nitrogens with zero attached hydrogens (tertiary/aromatic N) is 3. The minimum Gasteiger partial charge on any atom is -0.368 e. The molecule has 0 unspecified atom stereocenters. The van der Waals surface area contributed by atoms with Crippen molar-refractivity contribution in [3.63, 3.8) is 0 Å². The monoisotopic (exact) mass is 158 g/mol. The summed E-state index contributed by atoms with van der Waals surface area (Å²) in [6, 6.07) is 0. The third kappa shape index (κ3) is 1.11. The Bertz CT molecular complexity index is 222. The number of aromatic nitrogens is 3. The number of halogens is 1. The first-order valence-electron chi connectivity index (χ1n) is 2.70. The lowest BCUT2D eigenvalue weighted by atomic mass is 10.6. The minimum atomic E-state index is 0.289. The van der Waals surface area contributed by atoms with Gasteiger partial charge in [0.05, 0.1) is 0 Å². The summed E-state index contributed by atoms with van der Waals surface area (Å²) in [4.78, 5) is 0. The molecule has 2 N–H and O–H groups in total. The number of nitrogens with two attached hydrogens (primary N) is 1. The maximum absolute atomic E-state index is 5.59. The summed E-state index contributed by atoms with van der Waals surface area (Å²) in [6.45, 7) is 4.07. The van der Waals surface area contributed by atoms with Gasteiger partial charge in [0.25, 0.3) is 0 Å². The van der Waals surface area contributed by atoms with Crippen LogP contribution < -0.4 is 5.73 Å². The molecule has 0 fully saturated rings. The molecule has 0 radical (unpaired) electrons. The third-order valence-corrected chi connectivity index (χ3v) is 1.33. The number of rotatable bonds is 2. The Balaban J connectivity index is 2.97. The SMILES string of the molecule is C=CCn1c(N)nnc1Cl. The Morgan fingerprint density at radius 3 is 2.80 bits per heavy atom. The van der Waals surface area contributed by atoms with Crippen LogP contribution in [0.15, 0.2) is 12.7 Å². The highest BCUT2D eigenvalue weighted by molar-refractivity contribution is 6.28. The van der Waals surface area contributed by atoms with E-state index in [0.717, 1.165) is 0 Å². The molecule has 0 aliphatic rings. The molecule has 0 atom stereocenters. The zero-order chi connectivity index (χ0) is 7.56. The molecule has 1 heterocycles. The Morgan fingerprint density at radius 1 is 1.70 bits per heavy atom. The standard InChI is InChI=1S/C5H7ClN4/c1-2-3-10-4(6)8-9-5(10)7/h2H,1,3H2,(H2,7,9). The summed E-state index contributed by atoms with van der Waals surface area (Å²) in [5, 5.41) is 7.38. The molecular formula is C5H7ClN4. The second kappa shape index (κ2) is 2.70. The molecule has 0 aromatic carbocycles. The molecule has 54 valence electrons. The van der Waals surface area contributed by atoms with Gasteiger partial charge in [0.15, 0.2) is 0 Å². The first kappa shape index (κ1) is 7.08. The van der Waals surface area contributed by atoms with E-state index in [-0.39, 0.29) is 5.28 Å². The van der Waals surface area contributed by atoms with Crippen LogP contribution in [-0.2, 0) is 6.54 Å². The molecule has 4 nitrogen and oxygen atoms in total. The average molecular weight is 159 g/mol. The zero-order valence-corrected chi connectivity index (χ0v) is 6.04. The van der Waals surface area contributed by atoms with Gasteiger partial charge in [-0.05, 0) is 11.6 Å². The van der Waals surface area contributed by atoms with Crippen molar-refractivity contribution in [3.8, 4) is 0 Å². The number of nitrogen functional groups attached to an aromatic ring is 1. The van der Waals surface area contributed by atoms with Gasteiger partial charge in [0.2, 0.25) is 11.2 Å². The number of allylic oxidation sites excluding steroid dienone is 1. The lowest BCUT2D eigenvalue weighted by Crippen LogP contribution is -2.01. The molecule has 0 aliphatic heterocycles. The van der Waals surface area contributed by atoms with Crippen LogP contribution in [0.3, 0.4) is 0 Å². The fourth-order valence-electron chi connectivity index (χ4n) is 0.593. The topological polar surface area (TPSA) is 56.7 Å². The molecular weight excluding hydrogens is 152 g/mol. The summed E-state index contributed by atoms with van der Waals surface area (Å²) in [6.07, 6.45) is 1.67. The van der Waals surface area contributed by atoms with Gasteiger partial charge in [-0.15, -0.1) is 16.8 Å². The fourth-order valence-corrected chi connectivity index (χ4v) is 0.786. The lowest BCUT2D eigenvalue weighted by molar-refractivity contribution is 0.832. The van der Waals surface area contributed by atoms with E-state index in [4.69, 9.17) is 17.3 Å². The lowest BCUT2D eigenvalue weighted by Gasteiger charge is -1.97. The fraction of sp³-hybridized carbons (Fsp3) is 0.200. The molecule has 0 saturated heterocycles. The van der Waals surface area contributed by atoms with E-state index in [1.54, 1.807) is 10.6 Å². The van der Waals surface area contributed by atoms with Crippen molar-refractivity contribution in [2.75, 3.05) is 5.73 Å². The van der Waals surface area contributed by atoms with Crippen LogP contribution >= 0.6 is 11.6 Å². The van der Waals surface area contributed by atoms with Gasteiger partial charge in [0, 0.05) is 6.54 Å². The Labute approximate surface area is 63.3 Å². The molecule has 0 saturated carbocycles. The van der Waals surface area contributed by atoms with Gasteiger partial charge in [0.1, 0.15) is 0 Å². The molecule has 1 aromatic rings. The van der Waals surface area contributed by atoms with E-state index >= 15 is 0 Å². The normalized spacial score (nSPS) is 9.70. The second-order valence-electron chi connectivity index (χ2n) is 1.73. The van der Waals surface area contributed by atoms with Gasteiger partial charge >= 0.3 is 0 Å². The molecule has 1 aromatic heterocycles. The average Bonchev–Trinajstić information content (AvgIpc) is 2.20. The van der Waals surface area contributed by atoms with Gasteiger partial charge in [-0.3, -0.25) is 4.57 Å². The van der Waals surface area contributed by atoms with Crippen molar-refractivity contribution >= 4 is 17.5 Å². The van der Waals surface area contributed by atoms with E-state index in [1.807, 2.05) is 0 Å². The Morgan fingerprint density at radius 2 is 2.40 bits per heavy atom. The first-order valence-corrected chi connectivity index (χ1v) is 3.08. The van der Waals surface area contributed by atoms with Crippen molar-refractivity contribution in [2.24, 2.45) is 0 Å². The van der Waals surface area contributed by atoms with Crippen LogP contribution in [0.1, 0.15) is 0 Å². The van der Waals surface area contributed by atoms with E-state index in [0.29, 0.717) is 12.5 Å². The van der Waals surface area contributed by atoms with Crippen molar-refractivity contribution < 1.29 is 0 Å². The highest BCUT2D eigenvalue weighted by Gasteiger charge is 2.02.